The van der Waals surface area contributed by atoms with Crippen LogP contribution in [0.1, 0.15) is 0 Å². The SMILES string of the molecule is O=c1[nH]c(I)nc2cccn12. The van der Waals surface area contributed by atoms with Gasteiger partial charge in [0, 0.05) is 6.20 Å². The lowest BCUT2D eigenvalue weighted by molar-refractivity contribution is 0.929. The Morgan fingerprint density at radius 2 is 2.45 bits per heavy atom. The maximum atomic E-state index is 11.1. The minimum atomic E-state index is -0.149. The highest BCUT2D eigenvalue weighted by molar-refractivity contribution is 14.1. The van der Waals surface area contributed by atoms with Crippen molar-refractivity contribution in [3.63, 3.8) is 0 Å². The van der Waals surface area contributed by atoms with Gasteiger partial charge in [0.15, 0.2) is 3.83 Å². The molecule has 2 aromatic heterocycles. The summed E-state index contributed by atoms with van der Waals surface area (Å²) in [6.07, 6.45) is 1.68. The third-order valence-electron chi connectivity index (χ3n) is 1.37. The molecule has 11 heavy (non-hydrogen) atoms. The predicted octanol–water partition coefficient (Wildman–Crippen LogP) is 0.627. The number of rotatable bonds is 0. The van der Waals surface area contributed by atoms with Crippen LogP contribution in [-0.2, 0) is 0 Å². The zero-order valence-electron chi connectivity index (χ0n) is 5.41. The molecule has 0 aliphatic carbocycles. The molecule has 2 heterocycles. The van der Waals surface area contributed by atoms with E-state index in [4.69, 9.17) is 0 Å². The summed E-state index contributed by atoms with van der Waals surface area (Å²) in [5.74, 6) is 0. The highest BCUT2D eigenvalue weighted by atomic mass is 127. The van der Waals surface area contributed by atoms with Gasteiger partial charge in [-0.2, -0.15) is 0 Å². The van der Waals surface area contributed by atoms with Crippen molar-refractivity contribution in [2.75, 3.05) is 0 Å². The van der Waals surface area contributed by atoms with Gasteiger partial charge < -0.3 is 0 Å². The monoisotopic (exact) mass is 261 g/mol. The lowest BCUT2D eigenvalue weighted by atomic mass is 10.6. The van der Waals surface area contributed by atoms with Crippen LogP contribution in [0.15, 0.2) is 23.1 Å². The molecule has 0 aromatic carbocycles. The van der Waals surface area contributed by atoms with Gasteiger partial charge in [-0.15, -0.1) is 0 Å². The van der Waals surface area contributed by atoms with Crippen molar-refractivity contribution >= 4 is 28.2 Å². The molecule has 0 saturated carbocycles. The fraction of sp³-hybridized carbons (Fsp3) is 0. The normalized spacial score (nSPS) is 10.6. The molecule has 0 fully saturated rings. The average Bonchev–Trinajstić information content (AvgIpc) is 2.34. The molecule has 2 aromatic rings. The summed E-state index contributed by atoms with van der Waals surface area (Å²) in [6, 6.07) is 3.57. The van der Waals surface area contributed by atoms with Gasteiger partial charge in [0.1, 0.15) is 5.65 Å². The van der Waals surface area contributed by atoms with E-state index in [2.05, 4.69) is 9.97 Å². The van der Waals surface area contributed by atoms with Crippen molar-refractivity contribution < 1.29 is 0 Å². The molecule has 0 aliphatic heterocycles. The smallest absolute Gasteiger partial charge is 0.286 e. The molecule has 0 atom stereocenters. The largest absolute Gasteiger partial charge is 0.333 e. The molecule has 5 heteroatoms. The summed E-state index contributed by atoms with van der Waals surface area (Å²) in [7, 11) is 0. The van der Waals surface area contributed by atoms with Crippen LogP contribution in [0.5, 0.6) is 0 Å². The topological polar surface area (TPSA) is 50.2 Å². The number of halogens is 1. The van der Waals surface area contributed by atoms with E-state index in [1.165, 1.54) is 4.40 Å². The van der Waals surface area contributed by atoms with Crippen LogP contribution in [0.25, 0.3) is 5.65 Å². The second-order valence-electron chi connectivity index (χ2n) is 2.07. The third-order valence-corrected chi connectivity index (χ3v) is 1.88. The van der Waals surface area contributed by atoms with Gasteiger partial charge in [-0.25, -0.2) is 9.78 Å². The quantitative estimate of drug-likeness (QED) is 0.707. The zero-order valence-corrected chi connectivity index (χ0v) is 7.57. The molecule has 0 unspecified atom stereocenters. The second kappa shape index (κ2) is 2.33. The van der Waals surface area contributed by atoms with Crippen LogP contribution in [0.4, 0.5) is 0 Å². The fourth-order valence-corrected chi connectivity index (χ4v) is 1.39. The predicted molar refractivity (Wildman–Crippen MR) is 48.5 cm³/mol. The molecule has 4 nitrogen and oxygen atoms in total. The van der Waals surface area contributed by atoms with Gasteiger partial charge in [0.25, 0.3) is 0 Å². The molecule has 0 spiro atoms. The van der Waals surface area contributed by atoms with Crippen molar-refractivity contribution in [1.82, 2.24) is 14.4 Å². The van der Waals surface area contributed by atoms with Gasteiger partial charge in [-0.1, -0.05) is 0 Å². The first-order chi connectivity index (χ1) is 5.27. The molecule has 0 saturated heterocycles. The van der Waals surface area contributed by atoms with Crippen molar-refractivity contribution in [3.05, 3.63) is 32.6 Å². The van der Waals surface area contributed by atoms with Crippen LogP contribution >= 0.6 is 22.6 Å². The number of aromatic nitrogens is 3. The number of hydrogen-bond acceptors (Lipinski definition) is 2. The van der Waals surface area contributed by atoms with E-state index in [0.29, 0.717) is 9.48 Å². The maximum Gasteiger partial charge on any atom is 0.333 e. The minimum absolute atomic E-state index is 0.149. The van der Waals surface area contributed by atoms with Crippen molar-refractivity contribution in [2.45, 2.75) is 0 Å². The molecule has 2 rings (SSSR count). The highest BCUT2D eigenvalue weighted by Gasteiger charge is 1.97. The van der Waals surface area contributed by atoms with E-state index in [1.54, 1.807) is 18.3 Å². The summed E-state index contributed by atoms with van der Waals surface area (Å²) in [6.45, 7) is 0. The van der Waals surface area contributed by atoms with Crippen molar-refractivity contribution in [3.8, 4) is 0 Å². The first-order valence-electron chi connectivity index (χ1n) is 3.00. The summed E-state index contributed by atoms with van der Waals surface area (Å²) in [5, 5.41) is 0. The van der Waals surface area contributed by atoms with E-state index in [9.17, 15) is 4.79 Å². The Morgan fingerprint density at radius 1 is 1.64 bits per heavy atom. The summed E-state index contributed by atoms with van der Waals surface area (Å²) < 4.78 is 2.07. The Bertz CT molecular complexity index is 444. The Morgan fingerprint density at radius 3 is 3.27 bits per heavy atom. The van der Waals surface area contributed by atoms with Gasteiger partial charge in [-0.3, -0.25) is 9.38 Å². The van der Waals surface area contributed by atoms with Gasteiger partial charge in [0.2, 0.25) is 0 Å². The van der Waals surface area contributed by atoms with Crippen LogP contribution in [-0.4, -0.2) is 14.4 Å². The Hall–Kier alpha value is -0.850. The molecule has 1 N–H and O–H groups in total. The number of hydrogen-bond donors (Lipinski definition) is 1. The van der Waals surface area contributed by atoms with E-state index >= 15 is 0 Å². The molecule has 0 aliphatic rings. The lowest BCUT2D eigenvalue weighted by Crippen LogP contribution is -2.17. The van der Waals surface area contributed by atoms with E-state index in [-0.39, 0.29) is 5.69 Å². The molecule has 0 radical (unpaired) electrons. The van der Waals surface area contributed by atoms with E-state index in [0.717, 1.165) is 0 Å². The Balaban J connectivity index is 3.02. The minimum Gasteiger partial charge on any atom is -0.286 e. The van der Waals surface area contributed by atoms with Gasteiger partial charge >= 0.3 is 5.69 Å². The second-order valence-corrected chi connectivity index (χ2v) is 3.09. The number of fused-ring (bicyclic) bond motifs is 1. The third kappa shape index (κ3) is 1.05. The van der Waals surface area contributed by atoms with Crippen LogP contribution in [0, 0.1) is 3.83 Å². The first-order valence-corrected chi connectivity index (χ1v) is 4.08. The van der Waals surface area contributed by atoms with Crippen molar-refractivity contribution in [2.24, 2.45) is 0 Å². The summed E-state index contributed by atoms with van der Waals surface area (Å²) >= 11 is 1.97. The van der Waals surface area contributed by atoms with Crippen LogP contribution in [0.2, 0.25) is 0 Å². The fourth-order valence-electron chi connectivity index (χ4n) is 0.912. The Kier molecular flexibility index (Phi) is 1.45. The lowest BCUT2D eigenvalue weighted by Gasteiger charge is -1.92. The summed E-state index contributed by atoms with van der Waals surface area (Å²) in [5.41, 5.74) is 0.530. The van der Waals surface area contributed by atoms with Crippen LogP contribution < -0.4 is 5.69 Å². The number of aromatic amines is 1. The average molecular weight is 261 g/mol. The van der Waals surface area contributed by atoms with Crippen molar-refractivity contribution in [1.29, 1.82) is 0 Å². The summed E-state index contributed by atoms with van der Waals surface area (Å²) in [4.78, 5) is 17.8. The molecule has 0 bridgehead atoms. The van der Waals surface area contributed by atoms with Crippen LogP contribution in [0.3, 0.4) is 0 Å². The first kappa shape index (κ1) is 6.84. The Labute approximate surface area is 75.4 Å². The molecular weight excluding hydrogens is 257 g/mol. The van der Waals surface area contributed by atoms with Gasteiger partial charge in [-0.05, 0) is 34.7 Å². The highest BCUT2D eigenvalue weighted by Crippen LogP contribution is 1.98. The van der Waals surface area contributed by atoms with E-state index in [1.807, 2.05) is 22.6 Å². The number of nitrogens with zero attached hydrogens (tertiary/aromatic N) is 2. The molecular formula is C6H4IN3O. The molecule has 56 valence electrons. The molecule has 0 amide bonds. The van der Waals surface area contributed by atoms with Gasteiger partial charge in [0.05, 0.1) is 0 Å². The van der Waals surface area contributed by atoms with E-state index < -0.39 is 0 Å². The number of nitrogens with one attached hydrogen (secondary N) is 1. The standard InChI is InChI=1S/C6H4IN3O/c7-5-8-4-2-1-3-10(4)6(11)9-5/h1-3H,(H,8,9,11). The maximum absolute atomic E-state index is 11.1. The zero-order chi connectivity index (χ0) is 7.84. The number of H-pyrrole nitrogens is 1.